The molecule has 1 saturated heterocycles. The molecule has 1 aromatic carbocycles. The number of esters is 1. The van der Waals surface area contributed by atoms with Crippen LogP contribution in [0.2, 0.25) is 0 Å². The Morgan fingerprint density at radius 3 is 2.73 bits per heavy atom. The molecule has 3 rings (SSSR count). The van der Waals surface area contributed by atoms with Crippen molar-refractivity contribution in [2.75, 3.05) is 18.5 Å². The summed E-state index contributed by atoms with van der Waals surface area (Å²) >= 11 is 0. The summed E-state index contributed by atoms with van der Waals surface area (Å²) in [5.41, 5.74) is 1.75. The summed E-state index contributed by atoms with van der Waals surface area (Å²) in [5, 5.41) is 3.49. The fourth-order valence-corrected chi connectivity index (χ4v) is 3.70. The van der Waals surface area contributed by atoms with Crippen LogP contribution in [0.1, 0.15) is 56.5 Å². The summed E-state index contributed by atoms with van der Waals surface area (Å²) in [6.07, 6.45) is 3.54. The molecule has 6 nitrogen and oxygen atoms in total. The van der Waals surface area contributed by atoms with E-state index in [9.17, 15) is 4.79 Å². The zero-order valence-corrected chi connectivity index (χ0v) is 18.4. The second kappa shape index (κ2) is 10.4. The quantitative estimate of drug-likeness (QED) is 0.613. The zero-order valence-electron chi connectivity index (χ0n) is 18.4. The Balaban J connectivity index is 1.61. The van der Waals surface area contributed by atoms with Crippen LogP contribution in [0.5, 0.6) is 5.75 Å². The zero-order chi connectivity index (χ0) is 21.5. The normalized spacial score (nSPS) is 19.1. The Kier molecular flexibility index (Phi) is 7.69. The summed E-state index contributed by atoms with van der Waals surface area (Å²) in [6, 6.07) is 12.4. The van der Waals surface area contributed by atoms with Gasteiger partial charge in [0.2, 0.25) is 0 Å². The first-order valence-electron chi connectivity index (χ1n) is 10.9. The van der Waals surface area contributed by atoms with Gasteiger partial charge < -0.3 is 14.8 Å². The molecule has 0 radical (unpaired) electrons. The molecule has 0 aliphatic carbocycles. The molecule has 0 saturated carbocycles. The van der Waals surface area contributed by atoms with Crippen molar-refractivity contribution >= 4 is 11.8 Å². The molecule has 30 heavy (non-hydrogen) atoms. The van der Waals surface area contributed by atoms with E-state index in [1.807, 2.05) is 26.0 Å². The van der Waals surface area contributed by atoms with Crippen LogP contribution in [0.3, 0.4) is 0 Å². The van der Waals surface area contributed by atoms with Gasteiger partial charge in [0, 0.05) is 31.4 Å². The number of anilines is 1. The van der Waals surface area contributed by atoms with Crippen LogP contribution in [-0.2, 0) is 11.3 Å². The number of carbonyl (C=O) groups excluding carboxylic acids is 1. The van der Waals surface area contributed by atoms with Crippen molar-refractivity contribution in [3.05, 3.63) is 53.7 Å². The van der Waals surface area contributed by atoms with E-state index in [1.165, 1.54) is 5.56 Å². The molecule has 6 heteroatoms. The minimum absolute atomic E-state index is 0.162. The second-order valence-corrected chi connectivity index (χ2v) is 8.10. The average molecular weight is 412 g/mol. The number of rotatable bonds is 9. The maximum atomic E-state index is 12.4. The van der Waals surface area contributed by atoms with E-state index in [0.29, 0.717) is 17.4 Å². The number of ether oxygens (including phenoxy) is 2. The summed E-state index contributed by atoms with van der Waals surface area (Å²) in [5.74, 6) is 1.18. The van der Waals surface area contributed by atoms with Crippen LogP contribution in [-0.4, -0.2) is 47.2 Å². The highest BCUT2D eigenvalue weighted by atomic mass is 16.5. The molecule has 1 N–H and O–H groups in total. The smallest absolute Gasteiger partial charge is 0.342 e. The van der Waals surface area contributed by atoms with Crippen molar-refractivity contribution in [1.82, 2.24) is 9.88 Å². The Bertz CT molecular complexity index is 823. The molecule has 1 aliphatic heterocycles. The third-order valence-corrected chi connectivity index (χ3v) is 5.36. The van der Waals surface area contributed by atoms with E-state index in [1.54, 1.807) is 18.3 Å². The largest absolute Gasteiger partial charge is 0.494 e. The highest BCUT2D eigenvalue weighted by Gasteiger charge is 2.31. The lowest BCUT2D eigenvalue weighted by molar-refractivity contribution is 0.0378. The van der Waals surface area contributed by atoms with Gasteiger partial charge in [0.15, 0.2) is 0 Å². The van der Waals surface area contributed by atoms with Gasteiger partial charge in [-0.15, -0.1) is 0 Å². The number of nitrogens with zero attached hydrogens (tertiary/aromatic N) is 2. The van der Waals surface area contributed by atoms with Crippen molar-refractivity contribution in [2.45, 2.75) is 65.3 Å². The topological polar surface area (TPSA) is 63.7 Å². The number of hydrogen-bond donors (Lipinski definition) is 1. The van der Waals surface area contributed by atoms with Crippen LogP contribution < -0.4 is 10.1 Å². The Morgan fingerprint density at radius 2 is 2.03 bits per heavy atom. The molecule has 2 atom stereocenters. The van der Waals surface area contributed by atoms with E-state index in [-0.39, 0.29) is 18.1 Å². The SMILES string of the molecule is CCCOc1ccc(CN2CC[C@@H](Nc3ncccc3C(=O)OC(C)C)C2C)cc1. The van der Waals surface area contributed by atoms with Gasteiger partial charge in [-0.3, -0.25) is 4.90 Å². The lowest BCUT2D eigenvalue weighted by atomic mass is 10.1. The predicted molar refractivity (Wildman–Crippen MR) is 119 cm³/mol. The molecule has 162 valence electrons. The molecule has 2 heterocycles. The third kappa shape index (κ3) is 5.72. The van der Waals surface area contributed by atoms with E-state index >= 15 is 0 Å². The fourth-order valence-electron chi connectivity index (χ4n) is 3.70. The van der Waals surface area contributed by atoms with Crippen molar-refractivity contribution in [3.63, 3.8) is 0 Å². The van der Waals surface area contributed by atoms with Gasteiger partial charge in [-0.25, -0.2) is 9.78 Å². The second-order valence-electron chi connectivity index (χ2n) is 8.10. The maximum Gasteiger partial charge on any atom is 0.342 e. The van der Waals surface area contributed by atoms with Crippen LogP contribution in [0.15, 0.2) is 42.6 Å². The first kappa shape index (κ1) is 22.1. The summed E-state index contributed by atoms with van der Waals surface area (Å²) in [4.78, 5) is 19.3. The lowest BCUT2D eigenvalue weighted by Crippen LogP contribution is -2.36. The number of carbonyl (C=O) groups is 1. The van der Waals surface area contributed by atoms with Crippen molar-refractivity contribution in [3.8, 4) is 5.75 Å². The minimum atomic E-state index is -0.339. The lowest BCUT2D eigenvalue weighted by Gasteiger charge is -2.26. The monoisotopic (exact) mass is 411 g/mol. The standard InChI is InChI=1S/C24H33N3O3/c1-5-15-29-20-10-8-19(9-11-20)16-27-14-12-22(18(27)4)26-23-21(7-6-13-25-23)24(28)30-17(2)3/h6-11,13,17-18,22H,5,12,14-16H2,1-4H3,(H,25,26)/t18?,22-/m1/s1. The Labute approximate surface area is 179 Å². The molecule has 1 aliphatic rings. The molecule has 2 aromatic rings. The summed E-state index contributed by atoms with van der Waals surface area (Å²) < 4.78 is 11.0. The highest BCUT2D eigenvalue weighted by molar-refractivity contribution is 5.94. The van der Waals surface area contributed by atoms with Gasteiger partial charge in [0.1, 0.15) is 17.1 Å². The summed E-state index contributed by atoms with van der Waals surface area (Å²) in [6.45, 7) is 10.6. The van der Waals surface area contributed by atoms with Gasteiger partial charge in [0.25, 0.3) is 0 Å². The number of pyridine rings is 1. The van der Waals surface area contributed by atoms with E-state index in [0.717, 1.165) is 38.3 Å². The van der Waals surface area contributed by atoms with E-state index in [2.05, 4.69) is 41.2 Å². The van der Waals surface area contributed by atoms with Crippen molar-refractivity contribution in [1.29, 1.82) is 0 Å². The van der Waals surface area contributed by atoms with E-state index < -0.39 is 0 Å². The molecular weight excluding hydrogens is 378 g/mol. The average Bonchev–Trinajstić information content (AvgIpc) is 3.06. The third-order valence-electron chi connectivity index (χ3n) is 5.36. The van der Waals surface area contributed by atoms with Gasteiger partial charge in [0.05, 0.1) is 12.7 Å². The minimum Gasteiger partial charge on any atom is -0.494 e. The highest BCUT2D eigenvalue weighted by Crippen LogP contribution is 2.25. The number of hydrogen-bond acceptors (Lipinski definition) is 6. The molecular formula is C24H33N3O3. The van der Waals surface area contributed by atoms with Crippen LogP contribution in [0.25, 0.3) is 0 Å². The van der Waals surface area contributed by atoms with Gasteiger partial charge >= 0.3 is 5.97 Å². The molecule has 0 spiro atoms. The molecule has 1 unspecified atom stereocenters. The van der Waals surface area contributed by atoms with E-state index in [4.69, 9.17) is 9.47 Å². The molecule has 0 amide bonds. The van der Waals surface area contributed by atoms with Crippen molar-refractivity contribution in [2.24, 2.45) is 0 Å². The van der Waals surface area contributed by atoms with Crippen LogP contribution >= 0.6 is 0 Å². The predicted octanol–water partition coefficient (Wildman–Crippen LogP) is 4.51. The van der Waals surface area contributed by atoms with Gasteiger partial charge in [-0.05, 0) is 63.4 Å². The Morgan fingerprint density at radius 1 is 1.27 bits per heavy atom. The number of benzene rings is 1. The molecule has 0 bridgehead atoms. The number of nitrogens with one attached hydrogen (secondary N) is 1. The van der Waals surface area contributed by atoms with Crippen molar-refractivity contribution < 1.29 is 14.3 Å². The number of aromatic nitrogens is 1. The van der Waals surface area contributed by atoms with Gasteiger partial charge in [-0.2, -0.15) is 0 Å². The first-order valence-corrected chi connectivity index (χ1v) is 10.9. The fraction of sp³-hybridized carbons (Fsp3) is 0.500. The van der Waals surface area contributed by atoms with Gasteiger partial charge in [-0.1, -0.05) is 19.1 Å². The van der Waals surface area contributed by atoms with Crippen LogP contribution in [0.4, 0.5) is 5.82 Å². The molecule has 1 aromatic heterocycles. The van der Waals surface area contributed by atoms with Crippen LogP contribution in [0, 0.1) is 0 Å². The first-order chi connectivity index (χ1) is 14.5. The molecule has 1 fully saturated rings. The maximum absolute atomic E-state index is 12.4. The number of likely N-dealkylation sites (tertiary alicyclic amines) is 1. The Hall–Kier alpha value is -2.60. The summed E-state index contributed by atoms with van der Waals surface area (Å²) in [7, 11) is 0.